The van der Waals surface area contributed by atoms with Crippen molar-refractivity contribution < 1.29 is 13.6 Å². The molecule has 0 heterocycles. The highest BCUT2D eigenvalue weighted by Crippen LogP contribution is 2.20. The number of amides is 1. The Bertz CT molecular complexity index is 626. The summed E-state index contributed by atoms with van der Waals surface area (Å²) in [5, 5.41) is 2.35. The van der Waals surface area contributed by atoms with E-state index in [9.17, 15) is 13.6 Å². The van der Waals surface area contributed by atoms with E-state index in [1.165, 1.54) is 18.2 Å². The van der Waals surface area contributed by atoms with Crippen LogP contribution in [0.15, 0.2) is 36.4 Å². The third-order valence-corrected chi connectivity index (χ3v) is 2.65. The number of carbonyl (C=O) groups is 1. The molecule has 0 aliphatic carbocycles. The van der Waals surface area contributed by atoms with Gasteiger partial charge in [-0.3, -0.25) is 4.79 Å². The minimum atomic E-state index is -0.609. The number of rotatable bonds is 2. The van der Waals surface area contributed by atoms with E-state index >= 15 is 0 Å². The first-order valence-corrected chi connectivity index (χ1v) is 5.66. The molecule has 0 radical (unpaired) electrons. The number of nitrogen functional groups attached to an aromatic ring is 1. The Labute approximate surface area is 113 Å². The molecule has 0 aliphatic heterocycles. The van der Waals surface area contributed by atoms with Crippen molar-refractivity contribution in [1.82, 2.24) is 0 Å². The van der Waals surface area contributed by atoms with Crippen molar-refractivity contribution in [3.05, 3.63) is 58.6 Å². The Balaban J connectivity index is 2.22. The van der Waals surface area contributed by atoms with E-state index in [0.29, 0.717) is 5.69 Å². The molecular weight excluding hydrogens is 274 g/mol. The van der Waals surface area contributed by atoms with E-state index in [0.717, 1.165) is 18.2 Å². The molecule has 0 saturated heterocycles. The summed E-state index contributed by atoms with van der Waals surface area (Å²) in [6, 6.07) is 7.23. The average Bonchev–Trinajstić information content (AvgIpc) is 2.32. The zero-order valence-electron chi connectivity index (χ0n) is 9.58. The molecule has 2 aromatic rings. The lowest BCUT2D eigenvalue weighted by Crippen LogP contribution is -2.12. The fourth-order valence-corrected chi connectivity index (χ4v) is 1.70. The number of benzene rings is 2. The van der Waals surface area contributed by atoms with Crippen LogP contribution < -0.4 is 11.1 Å². The number of hydrogen-bond donors (Lipinski definition) is 2. The summed E-state index contributed by atoms with van der Waals surface area (Å²) in [5.74, 6) is -1.76. The topological polar surface area (TPSA) is 55.1 Å². The SMILES string of the molecule is Nc1cc(F)cc(C(=O)Nc2ccc(F)c(Cl)c2)c1. The molecule has 0 unspecified atom stereocenters. The van der Waals surface area contributed by atoms with Crippen molar-refractivity contribution in [2.24, 2.45) is 0 Å². The fourth-order valence-electron chi connectivity index (χ4n) is 1.52. The van der Waals surface area contributed by atoms with E-state index in [-0.39, 0.29) is 16.3 Å². The summed E-state index contributed by atoms with van der Waals surface area (Å²) >= 11 is 5.59. The summed E-state index contributed by atoms with van der Waals surface area (Å²) in [5.41, 5.74) is 5.96. The van der Waals surface area contributed by atoms with E-state index < -0.39 is 17.5 Å². The lowest BCUT2D eigenvalue weighted by molar-refractivity contribution is 0.102. The maximum Gasteiger partial charge on any atom is 0.255 e. The van der Waals surface area contributed by atoms with Crippen LogP contribution in [0.25, 0.3) is 0 Å². The van der Waals surface area contributed by atoms with Crippen LogP contribution in [0.4, 0.5) is 20.2 Å². The Hall–Kier alpha value is -2.14. The summed E-state index contributed by atoms with van der Waals surface area (Å²) in [7, 11) is 0. The number of carbonyl (C=O) groups excluding carboxylic acids is 1. The van der Waals surface area contributed by atoms with E-state index in [1.807, 2.05) is 0 Å². The molecule has 19 heavy (non-hydrogen) atoms. The summed E-state index contributed by atoms with van der Waals surface area (Å²) in [6.07, 6.45) is 0. The van der Waals surface area contributed by atoms with Gasteiger partial charge in [-0.05, 0) is 36.4 Å². The standard InChI is InChI=1S/C13H9ClF2N2O/c14-11-6-10(1-2-12(11)16)18-13(19)7-3-8(15)5-9(17)4-7/h1-6H,17H2,(H,18,19). The van der Waals surface area contributed by atoms with Crippen LogP contribution in [0.2, 0.25) is 5.02 Å². The molecule has 1 amide bonds. The average molecular weight is 283 g/mol. The van der Waals surface area contributed by atoms with Gasteiger partial charge in [-0.1, -0.05) is 11.6 Å². The minimum Gasteiger partial charge on any atom is -0.399 e. The molecule has 0 aliphatic rings. The van der Waals surface area contributed by atoms with Gasteiger partial charge in [-0.15, -0.1) is 0 Å². The third kappa shape index (κ3) is 3.20. The van der Waals surface area contributed by atoms with Crippen molar-refractivity contribution in [3.8, 4) is 0 Å². The second-order valence-corrected chi connectivity index (χ2v) is 4.26. The van der Waals surface area contributed by atoms with Crippen LogP contribution in [0.5, 0.6) is 0 Å². The summed E-state index contributed by atoms with van der Waals surface area (Å²) in [6.45, 7) is 0. The largest absolute Gasteiger partial charge is 0.399 e. The minimum absolute atomic E-state index is 0.0675. The molecule has 0 saturated carbocycles. The monoisotopic (exact) mass is 282 g/mol. The van der Waals surface area contributed by atoms with Gasteiger partial charge >= 0.3 is 0 Å². The van der Waals surface area contributed by atoms with Gasteiger partial charge in [-0.2, -0.15) is 0 Å². The quantitative estimate of drug-likeness (QED) is 0.829. The van der Waals surface area contributed by atoms with Gasteiger partial charge in [-0.25, -0.2) is 8.78 Å². The van der Waals surface area contributed by atoms with Crippen LogP contribution in [0.1, 0.15) is 10.4 Å². The molecular formula is C13H9ClF2N2O. The van der Waals surface area contributed by atoms with Crippen molar-refractivity contribution in [2.75, 3.05) is 11.1 Å². The highest BCUT2D eigenvalue weighted by Gasteiger charge is 2.09. The number of anilines is 2. The smallest absolute Gasteiger partial charge is 0.255 e. The van der Waals surface area contributed by atoms with Gasteiger partial charge in [0.1, 0.15) is 11.6 Å². The van der Waals surface area contributed by atoms with Crippen molar-refractivity contribution >= 4 is 28.9 Å². The zero-order chi connectivity index (χ0) is 14.0. The van der Waals surface area contributed by atoms with E-state index in [2.05, 4.69) is 5.32 Å². The maximum absolute atomic E-state index is 13.1. The Morgan fingerprint density at radius 2 is 1.89 bits per heavy atom. The predicted molar refractivity (Wildman–Crippen MR) is 70.2 cm³/mol. The normalized spacial score (nSPS) is 10.3. The molecule has 2 rings (SSSR count). The van der Waals surface area contributed by atoms with Crippen LogP contribution in [0, 0.1) is 11.6 Å². The van der Waals surface area contributed by atoms with Gasteiger partial charge in [0.05, 0.1) is 5.02 Å². The van der Waals surface area contributed by atoms with Crippen LogP contribution in [-0.4, -0.2) is 5.91 Å². The number of hydrogen-bond acceptors (Lipinski definition) is 2. The first kappa shape index (κ1) is 13.3. The number of nitrogens with one attached hydrogen (secondary N) is 1. The van der Waals surface area contributed by atoms with Gasteiger partial charge < -0.3 is 11.1 Å². The molecule has 0 atom stereocenters. The molecule has 3 N–H and O–H groups in total. The Kier molecular flexibility index (Phi) is 3.66. The molecule has 98 valence electrons. The van der Waals surface area contributed by atoms with Gasteiger partial charge in [0.2, 0.25) is 0 Å². The van der Waals surface area contributed by atoms with Crippen molar-refractivity contribution in [3.63, 3.8) is 0 Å². The van der Waals surface area contributed by atoms with E-state index in [4.69, 9.17) is 17.3 Å². The molecule has 2 aromatic carbocycles. The summed E-state index contributed by atoms with van der Waals surface area (Å²) in [4.78, 5) is 11.8. The third-order valence-electron chi connectivity index (χ3n) is 2.36. The van der Waals surface area contributed by atoms with Crippen LogP contribution >= 0.6 is 11.6 Å². The maximum atomic E-state index is 13.1. The fraction of sp³-hybridized carbons (Fsp3) is 0. The van der Waals surface area contributed by atoms with E-state index in [1.54, 1.807) is 0 Å². The lowest BCUT2D eigenvalue weighted by Gasteiger charge is -2.07. The molecule has 0 aromatic heterocycles. The predicted octanol–water partition coefficient (Wildman–Crippen LogP) is 3.45. The molecule has 0 bridgehead atoms. The Morgan fingerprint density at radius 1 is 1.16 bits per heavy atom. The highest BCUT2D eigenvalue weighted by molar-refractivity contribution is 6.31. The molecule has 6 heteroatoms. The Morgan fingerprint density at radius 3 is 2.53 bits per heavy atom. The molecule has 3 nitrogen and oxygen atoms in total. The second kappa shape index (κ2) is 5.24. The highest BCUT2D eigenvalue weighted by atomic mass is 35.5. The zero-order valence-corrected chi connectivity index (χ0v) is 10.3. The molecule has 0 spiro atoms. The first-order chi connectivity index (χ1) is 8.95. The number of nitrogens with two attached hydrogens (primary N) is 1. The summed E-state index contributed by atoms with van der Waals surface area (Å²) < 4.78 is 26.1. The van der Waals surface area contributed by atoms with Gasteiger partial charge in [0.15, 0.2) is 0 Å². The van der Waals surface area contributed by atoms with Crippen molar-refractivity contribution in [2.45, 2.75) is 0 Å². The van der Waals surface area contributed by atoms with Crippen LogP contribution in [0.3, 0.4) is 0 Å². The molecule has 0 fully saturated rings. The second-order valence-electron chi connectivity index (χ2n) is 3.86. The van der Waals surface area contributed by atoms with Gasteiger partial charge in [0.25, 0.3) is 5.91 Å². The number of halogens is 3. The first-order valence-electron chi connectivity index (χ1n) is 5.28. The van der Waals surface area contributed by atoms with Gasteiger partial charge in [0, 0.05) is 16.9 Å². The van der Waals surface area contributed by atoms with Crippen LogP contribution in [-0.2, 0) is 0 Å². The van der Waals surface area contributed by atoms with Crippen molar-refractivity contribution in [1.29, 1.82) is 0 Å². The lowest BCUT2D eigenvalue weighted by atomic mass is 10.1.